The molecule has 2 heterocycles. The number of hydrogen-bond acceptors (Lipinski definition) is 7. The summed E-state index contributed by atoms with van der Waals surface area (Å²) in [5, 5.41) is 20.1. The number of allylic oxidation sites excluding steroid dienone is 1. The molecule has 120 valence electrons. The predicted octanol–water partition coefficient (Wildman–Crippen LogP) is 0.190. The summed E-state index contributed by atoms with van der Waals surface area (Å²) in [6.45, 7) is 0. The molecule has 0 aliphatic carbocycles. The van der Waals surface area contributed by atoms with E-state index in [0.29, 0.717) is 5.56 Å². The van der Waals surface area contributed by atoms with Crippen LogP contribution in [0.2, 0.25) is 0 Å². The van der Waals surface area contributed by atoms with E-state index < -0.39 is 22.1 Å². The summed E-state index contributed by atoms with van der Waals surface area (Å²) < 4.78 is 5.15. The van der Waals surface area contributed by atoms with Crippen molar-refractivity contribution in [2.45, 2.75) is 5.92 Å². The smallest absolute Gasteiger partial charge is 0.326 e. The Morgan fingerprint density at radius 1 is 1.25 bits per heavy atom. The maximum Gasteiger partial charge on any atom is 0.326 e. The fourth-order valence-corrected chi connectivity index (χ4v) is 2.49. The zero-order valence-electron chi connectivity index (χ0n) is 11.9. The van der Waals surface area contributed by atoms with Gasteiger partial charge in [-0.1, -0.05) is 12.1 Å². The molecule has 2 aromatic rings. The predicted molar refractivity (Wildman–Crippen MR) is 80.1 cm³/mol. The van der Waals surface area contributed by atoms with Gasteiger partial charge in [0.05, 0.1) is 16.5 Å². The van der Waals surface area contributed by atoms with Crippen LogP contribution in [-0.4, -0.2) is 14.9 Å². The summed E-state index contributed by atoms with van der Waals surface area (Å²) in [7, 11) is 0. The first-order valence-electron chi connectivity index (χ1n) is 6.60. The minimum Gasteiger partial charge on any atom is -0.433 e. The highest BCUT2D eigenvalue weighted by atomic mass is 16.6. The number of non-ortho nitro benzene ring substituents is 1. The van der Waals surface area contributed by atoms with Gasteiger partial charge in [0.2, 0.25) is 11.6 Å². The van der Waals surface area contributed by atoms with E-state index >= 15 is 0 Å². The van der Waals surface area contributed by atoms with E-state index in [4.69, 9.17) is 10.5 Å². The molecule has 0 amide bonds. The van der Waals surface area contributed by atoms with Crippen LogP contribution in [0.15, 0.2) is 45.3 Å². The largest absolute Gasteiger partial charge is 0.433 e. The molecule has 0 spiro atoms. The van der Waals surface area contributed by atoms with Gasteiger partial charge in [0, 0.05) is 12.1 Å². The number of nitrogens with two attached hydrogens (primary N) is 1. The van der Waals surface area contributed by atoms with E-state index in [2.05, 4.69) is 4.98 Å². The number of benzene rings is 1. The molecule has 1 aromatic heterocycles. The van der Waals surface area contributed by atoms with E-state index in [-0.39, 0.29) is 28.6 Å². The van der Waals surface area contributed by atoms with Crippen LogP contribution in [-0.2, 0) is 0 Å². The number of nitrogens with one attached hydrogen (secondary N) is 2. The van der Waals surface area contributed by atoms with Crippen LogP contribution < -0.4 is 21.7 Å². The number of aromatic nitrogens is 2. The van der Waals surface area contributed by atoms with Crippen molar-refractivity contribution in [2.24, 2.45) is 5.73 Å². The van der Waals surface area contributed by atoms with Gasteiger partial charge >= 0.3 is 5.69 Å². The van der Waals surface area contributed by atoms with Crippen LogP contribution in [0.5, 0.6) is 5.75 Å². The highest BCUT2D eigenvalue weighted by Crippen LogP contribution is 2.38. The first-order chi connectivity index (χ1) is 11.4. The topological polar surface area (TPSA) is 168 Å². The molecule has 1 aliphatic rings. The van der Waals surface area contributed by atoms with E-state index in [1.54, 1.807) is 0 Å². The molecule has 0 unspecified atom stereocenters. The summed E-state index contributed by atoms with van der Waals surface area (Å²) >= 11 is 0. The zero-order chi connectivity index (χ0) is 17.4. The number of nitro groups is 1. The number of nitriles is 1. The van der Waals surface area contributed by atoms with Crippen LogP contribution in [0.4, 0.5) is 5.69 Å². The van der Waals surface area contributed by atoms with Gasteiger partial charge in [0.25, 0.3) is 11.2 Å². The molecule has 3 rings (SSSR count). The number of hydrogen-bond donors (Lipinski definition) is 3. The van der Waals surface area contributed by atoms with Crippen molar-refractivity contribution in [3.8, 4) is 11.8 Å². The normalized spacial score (nSPS) is 16.0. The molecule has 10 heteroatoms. The molecule has 1 atom stereocenters. The molecule has 24 heavy (non-hydrogen) atoms. The van der Waals surface area contributed by atoms with Crippen LogP contribution in [0.25, 0.3) is 0 Å². The molecule has 0 saturated carbocycles. The molecule has 4 N–H and O–H groups in total. The Hall–Kier alpha value is -3.87. The van der Waals surface area contributed by atoms with Crippen molar-refractivity contribution in [2.75, 3.05) is 0 Å². The summed E-state index contributed by atoms with van der Waals surface area (Å²) in [5.41, 5.74) is 4.48. The van der Waals surface area contributed by atoms with Crippen molar-refractivity contribution in [3.63, 3.8) is 0 Å². The van der Waals surface area contributed by atoms with Gasteiger partial charge in [-0.15, -0.1) is 0 Å². The lowest BCUT2D eigenvalue weighted by Crippen LogP contribution is -2.32. The van der Waals surface area contributed by atoms with Gasteiger partial charge in [-0.2, -0.15) is 5.26 Å². The minimum absolute atomic E-state index is 0.0161. The number of fused-ring (bicyclic) bond motifs is 1. The number of H-pyrrole nitrogens is 2. The highest BCUT2D eigenvalue weighted by Gasteiger charge is 2.33. The summed E-state index contributed by atoms with van der Waals surface area (Å²) in [6.07, 6.45) is 0. The molecule has 1 aliphatic heterocycles. The number of aromatic amines is 2. The minimum atomic E-state index is -0.880. The molecule has 0 radical (unpaired) electrons. The van der Waals surface area contributed by atoms with E-state index in [1.165, 1.54) is 24.3 Å². The van der Waals surface area contributed by atoms with Crippen molar-refractivity contribution >= 4 is 5.69 Å². The monoisotopic (exact) mass is 327 g/mol. The summed E-state index contributed by atoms with van der Waals surface area (Å²) in [6, 6.07) is 7.22. The Kier molecular flexibility index (Phi) is 3.38. The third kappa shape index (κ3) is 2.30. The summed E-state index contributed by atoms with van der Waals surface area (Å²) in [5.74, 6) is -1.38. The molecule has 1 aromatic carbocycles. The molecule has 10 nitrogen and oxygen atoms in total. The van der Waals surface area contributed by atoms with Crippen molar-refractivity contribution < 1.29 is 9.66 Å². The van der Waals surface area contributed by atoms with Gasteiger partial charge in [-0.3, -0.25) is 19.9 Å². The van der Waals surface area contributed by atoms with E-state index in [9.17, 15) is 25.0 Å². The van der Waals surface area contributed by atoms with Crippen LogP contribution in [0.1, 0.15) is 17.2 Å². The Labute approximate surface area is 133 Å². The highest BCUT2D eigenvalue weighted by molar-refractivity contribution is 5.53. The lowest BCUT2D eigenvalue weighted by atomic mass is 9.87. The average molecular weight is 327 g/mol. The zero-order valence-corrected chi connectivity index (χ0v) is 11.9. The second kappa shape index (κ2) is 5.40. The van der Waals surface area contributed by atoms with Gasteiger partial charge in [0.1, 0.15) is 11.6 Å². The Morgan fingerprint density at radius 3 is 2.50 bits per heavy atom. The molecule has 0 bridgehead atoms. The van der Waals surface area contributed by atoms with Gasteiger partial charge < -0.3 is 15.5 Å². The third-order valence-electron chi connectivity index (χ3n) is 3.54. The van der Waals surface area contributed by atoms with Gasteiger partial charge in [-0.25, -0.2) is 4.79 Å². The first kappa shape index (κ1) is 15.0. The first-order valence-corrected chi connectivity index (χ1v) is 6.60. The maximum absolute atomic E-state index is 11.9. The fraction of sp³-hybridized carbons (Fsp3) is 0.0714. The van der Waals surface area contributed by atoms with Crippen LogP contribution in [0, 0.1) is 21.4 Å². The Balaban J connectivity index is 2.25. The van der Waals surface area contributed by atoms with Gasteiger partial charge in [-0.05, 0) is 5.56 Å². The van der Waals surface area contributed by atoms with Crippen molar-refractivity contribution in [3.05, 3.63) is 77.9 Å². The lowest BCUT2D eigenvalue weighted by Gasteiger charge is -2.24. The molecule has 0 fully saturated rings. The van der Waals surface area contributed by atoms with Crippen LogP contribution >= 0.6 is 0 Å². The van der Waals surface area contributed by atoms with E-state index in [1.807, 2.05) is 11.1 Å². The van der Waals surface area contributed by atoms with Gasteiger partial charge in [0.15, 0.2) is 0 Å². The van der Waals surface area contributed by atoms with Crippen molar-refractivity contribution in [1.82, 2.24) is 9.97 Å². The Morgan fingerprint density at radius 2 is 1.92 bits per heavy atom. The van der Waals surface area contributed by atoms with E-state index in [0.717, 1.165) is 0 Å². The molecular weight excluding hydrogens is 318 g/mol. The number of rotatable bonds is 2. The number of nitrogens with zero attached hydrogens (tertiary/aromatic N) is 2. The SMILES string of the molecule is N#CC1=C(N)Oc2c([nH]c(=O)[nH]c2=O)[C@@H]1c1ccc([N+](=O)[O-])cc1. The standard InChI is InChI=1S/C14H9N5O5/c15-5-8-9(6-1-3-7(4-2-6)19(22)23)10-11(24-12(8)16)13(20)18-14(21)17-10/h1-4,9H,16H2,(H2,17,18,20,21)/t9-/m1/s1. The van der Waals surface area contributed by atoms with Crippen molar-refractivity contribution in [1.29, 1.82) is 5.26 Å². The summed E-state index contributed by atoms with van der Waals surface area (Å²) in [4.78, 5) is 38.1. The average Bonchev–Trinajstić information content (AvgIpc) is 2.54. The molecule has 0 saturated heterocycles. The van der Waals surface area contributed by atoms with Crippen LogP contribution in [0.3, 0.4) is 0 Å². The fourth-order valence-electron chi connectivity index (χ4n) is 2.49. The Bertz CT molecular complexity index is 1030. The molecular formula is C14H9N5O5. The second-order valence-electron chi connectivity index (χ2n) is 4.92. The lowest BCUT2D eigenvalue weighted by molar-refractivity contribution is -0.384. The quantitative estimate of drug-likeness (QED) is 0.522. The maximum atomic E-state index is 11.9. The third-order valence-corrected chi connectivity index (χ3v) is 3.54. The number of nitro benzene ring substituents is 1. The second-order valence-corrected chi connectivity index (χ2v) is 4.92. The number of ether oxygens (including phenoxy) is 1.